The number of benzene rings is 2. The number of carbonyl (C=O) groups excluding carboxylic acids is 1. The summed E-state index contributed by atoms with van der Waals surface area (Å²) in [5, 5.41) is 19.5. The van der Waals surface area contributed by atoms with Crippen molar-refractivity contribution in [1.82, 2.24) is 4.90 Å². The van der Waals surface area contributed by atoms with E-state index in [0.29, 0.717) is 26.0 Å². The molecule has 2 N–H and O–H groups in total. The Balaban J connectivity index is 1.60. The van der Waals surface area contributed by atoms with Crippen LogP contribution in [0, 0.1) is 0 Å². The predicted octanol–water partition coefficient (Wildman–Crippen LogP) is 5.37. The highest BCUT2D eigenvalue weighted by Gasteiger charge is 2.28. The van der Waals surface area contributed by atoms with Gasteiger partial charge in [0.1, 0.15) is 5.75 Å². The lowest BCUT2D eigenvalue weighted by Gasteiger charge is -2.22. The number of nitrogens with zero attached hydrogens (tertiary/aromatic N) is 1. The maximum atomic E-state index is 12.3. The van der Waals surface area contributed by atoms with Gasteiger partial charge in [-0.15, -0.1) is 0 Å². The Morgan fingerprint density at radius 1 is 1.15 bits per heavy atom. The molecular formula is C28H35NO5. The van der Waals surface area contributed by atoms with Gasteiger partial charge in [0.15, 0.2) is 0 Å². The number of carbonyl (C=O) groups is 2. The van der Waals surface area contributed by atoms with Crippen molar-refractivity contribution in [2.75, 3.05) is 13.2 Å². The largest absolute Gasteiger partial charge is 0.493 e. The topological polar surface area (TPSA) is 87.1 Å². The Bertz CT molecular complexity index is 986. The van der Waals surface area contributed by atoms with Gasteiger partial charge in [-0.05, 0) is 49.4 Å². The third kappa shape index (κ3) is 7.19. The maximum Gasteiger partial charge on any atom is 0.303 e. The summed E-state index contributed by atoms with van der Waals surface area (Å²) >= 11 is 0. The highest BCUT2D eigenvalue weighted by Crippen LogP contribution is 2.32. The Labute approximate surface area is 201 Å². The number of hydrogen-bond acceptors (Lipinski definition) is 4. The molecule has 34 heavy (non-hydrogen) atoms. The van der Waals surface area contributed by atoms with E-state index in [1.165, 1.54) is 0 Å². The van der Waals surface area contributed by atoms with Gasteiger partial charge in [-0.2, -0.15) is 0 Å². The Morgan fingerprint density at radius 3 is 2.74 bits per heavy atom. The molecule has 0 spiro atoms. The third-order valence-electron chi connectivity index (χ3n) is 6.16. The van der Waals surface area contributed by atoms with E-state index in [-0.39, 0.29) is 18.4 Å². The van der Waals surface area contributed by atoms with Crippen molar-refractivity contribution < 1.29 is 24.5 Å². The van der Waals surface area contributed by atoms with Crippen LogP contribution in [0.25, 0.3) is 11.1 Å². The first-order chi connectivity index (χ1) is 16.5. The van der Waals surface area contributed by atoms with Crippen LogP contribution in [-0.2, 0) is 9.59 Å². The highest BCUT2D eigenvalue weighted by molar-refractivity contribution is 5.79. The summed E-state index contributed by atoms with van der Waals surface area (Å²) in [5.74, 6) is 0.196. The van der Waals surface area contributed by atoms with Crippen LogP contribution in [0.1, 0.15) is 63.5 Å². The molecule has 1 amide bonds. The first-order valence-corrected chi connectivity index (χ1v) is 12.2. The zero-order chi connectivity index (χ0) is 24.3. The molecule has 1 unspecified atom stereocenters. The van der Waals surface area contributed by atoms with Crippen LogP contribution in [0.4, 0.5) is 0 Å². The Hall–Kier alpha value is -3.12. The van der Waals surface area contributed by atoms with Gasteiger partial charge in [0.2, 0.25) is 5.91 Å². The zero-order valence-electron chi connectivity index (χ0n) is 19.9. The number of aliphatic hydroxyl groups is 1. The van der Waals surface area contributed by atoms with Crippen molar-refractivity contribution in [1.29, 1.82) is 0 Å². The van der Waals surface area contributed by atoms with Crippen molar-refractivity contribution in [2.24, 2.45) is 0 Å². The molecule has 2 atom stereocenters. The predicted molar refractivity (Wildman–Crippen MR) is 133 cm³/mol. The van der Waals surface area contributed by atoms with E-state index >= 15 is 0 Å². The molecule has 0 saturated carbocycles. The monoisotopic (exact) mass is 465 g/mol. The van der Waals surface area contributed by atoms with E-state index in [2.05, 4.69) is 0 Å². The van der Waals surface area contributed by atoms with Crippen LogP contribution in [-0.4, -0.2) is 46.2 Å². The quantitative estimate of drug-likeness (QED) is 0.307. The summed E-state index contributed by atoms with van der Waals surface area (Å²) in [6, 6.07) is 15.7. The minimum absolute atomic E-state index is 0.0111. The fraction of sp³-hybridized carbons (Fsp3) is 0.429. The number of rotatable bonds is 13. The van der Waals surface area contributed by atoms with E-state index in [1.807, 2.05) is 66.4 Å². The van der Waals surface area contributed by atoms with E-state index in [0.717, 1.165) is 48.1 Å². The minimum atomic E-state index is -0.771. The summed E-state index contributed by atoms with van der Waals surface area (Å²) in [6.07, 6.45) is 7.72. The number of likely N-dealkylation sites (tertiary alicyclic amines) is 1. The van der Waals surface area contributed by atoms with Gasteiger partial charge >= 0.3 is 5.97 Å². The molecule has 2 aromatic rings. The average Bonchev–Trinajstić information content (AvgIpc) is 3.19. The summed E-state index contributed by atoms with van der Waals surface area (Å²) < 4.78 is 5.75. The third-order valence-corrected chi connectivity index (χ3v) is 6.16. The van der Waals surface area contributed by atoms with Crippen molar-refractivity contribution >= 4 is 11.9 Å². The molecule has 182 valence electrons. The fourth-order valence-corrected chi connectivity index (χ4v) is 4.38. The van der Waals surface area contributed by atoms with E-state index < -0.39 is 12.1 Å². The van der Waals surface area contributed by atoms with Crippen molar-refractivity contribution in [3.8, 4) is 16.9 Å². The number of aliphatic carboxylic acids is 1. The molecule has 1 saturated heterocycles. The minimum Gasteiger partial charge on any atom is -0.493 e. The molecule has 1 heterocycles. The lowest BCUT2D eigenvalue weighted by molar-refractivity contribution is -0.137. The fourth-order valence-electron chi connectivity index (χ4n) is 4.38. The molecular weight excluding hydrogens is 430 g/mol. The number of carboxylic acids is 1. The molecule has 0 bridgehead atoms. The molecule has 0 aromatic heterocycles. The number of unbranched alkanes of at least 4 members (excludes halogenated alkanes) is 3. The van der Waals surface area contributed by atoms with Crippen molar-refractivity contribution in [3.05, 3.63) is 66.2 Å². The second-order valence-corrected chi connectivity index (χ2v) is 8.64. The first kappa shape index (κ1) is 25.5. The molecule has 0 aliphatic carbocycles. The number of ether oxygens (including phenoxy) is 1. The summed E-state index contributed by atoms with van der Waals surface area (Å²) in [7, 11) is 0. The number of para-hydroxylation sites is 1. The normalized spacial score (nSPS) is 16.8. The van der Waals surface area contributed by atoms with Crippen LogP contribution in [0.2, 0.25) is 0 Å². The van der Waals surface area contributed by atoms with Crippen molar-refractivity contribution in [2.45, 2.75) is 64.0 Å². The lowest BCUT2D eigenvalue weighted by Crippen LogP contribution is -2.32. The van der Waals surface area contributed by atoms with Crippen LogP contribution >= 0.6 is 0 Å². The highest BCUT2D eigenvalue weighted by atomic mass is 16.5. The molecule has 6 heteroatoms. The maximum absolute atomic E-state index is 12.3. The van der Waals surface area contributed by atoms with Gasteiger partial charge in [0.05, 0.1) is 18.8 Å². The Morgan fingerprint density at radius 2 is 1.94 bits per heavy atom. The van der Waals surface area contributed by atoms with Crippen molar-refractivity contribution in [3.63, 3.8) is 0 Å². The SMILES string of the molecule is CCOc1ccccc1-c1cccc([C@H](O)C=CC2CCC(=O)N2CCCCCCC(=O)O)c1. The number of amides is 1. The lowest BCUT2D eigenvalue weighted by atomic mass is 9.99. The molecule has 1 aliphatic rings. The van der Waals surface area contributed by atoms with E-state index in [9.17, 15) is 14.7 Å². The second kappa shape index (κ2) is 12.9. The molecule has 6 nitrogen and oxygen atoms in total. The van der Waals surface area contributed by atoms with Gasteiger partial charge < -0.3 is 19.8 Å². The van der Waals surface area contributed by atoms with Gasteiger partial charge in [-0.3, -0.25) is 9.59 Å². The van der Waals surface area contributed by atoms with Gasteiger partial charge in [-0.25, -0.2) is 0 Å². The molecule has 1 fully saturated rings. The van der Waals surface area contributed by atoms with Gasteiger partial charge in [-0.1, -0.05) is 61.4 Å². The average molecular weight is 466 g/mol. The number of carboxylic acid groups (broad SMARTS) is 1. The molecule has 0 radical (unpaired) electrons. The van der Waals surface area contributed by atoms with Crippen LogP contribution in [0.5, 0.6) is 5.75 Å². The van der Waals surface area contributed by atoms with Gasteiger partial charge in [0.25, 0.3) is 0 Å². The first-order valence-electron chi connectivity index (χ1n) is 12.2. The smallest absolute Gasteiger partial charge is 0.303 e. The summed E-state index contributed by atoms with van der Waals surface area (Å²) in [5.41, 5.74) is 2.75. The van der Waals surface area contributed by atoms with Gasteiger partial charge in [0, 0.05) is 24.9 Å². The summed E-state index contributed by atoms with van der Waals surface area (Å²) in [4.78, 5) is 24.8. The second-order valence-electron chi connectivity index (χ2n) is 8.64. The molecule has 1 aliphatic heterocycles. The molecule has 2 aromatic carbocycles. The van der Waals surface area contributed by atoms with Crippen LogP contribution in [0.3, 0.4) is 0 Å². The summed E-state index contributed by atoms with van der Waals surface area (Å²) in [6.45, 7) is 3.21. The zero-order valence-corrected chi connectivity index (χ0v) is 19.9. The van der Waals surface area contributed by atoms with E-state index in [4.69, 9.17) is 9.84 Å². The number of aliphatic hydroxyl groups excluding tert-OH is 1. The molecule has 3 rings (SSSR count). The standard InChI is InChI=1S/C28H35NO5/c1-2-34-26-13-7-6-12-24(26)21-10-9-11-22(20-21)25(30)17-15-23-16-18-27(31)29(23)19-8-4-3-5-14-28(32)33/h6-7,9-13,15,17,20,23,25,30H,2-5,8,14,16,18-19H2,1H3,(H,32,33)/t23?,25-/m1/s1. The Kier molecular flexibility index (Phi) is 9.71. The van der Waals surface area contributed by atoms with Crippen LogP contribution in [0.15, 0.2) is 60.7 Å². The number of hydrogen-bond donors (Lipinski definition) is 2. The van der Waals surface area contributed by atoms with E-state index in [1.54, 1.807) is 6.08 Å². The van der Waals surface area contributed by atoms with Crippen LogP contribution < -0.4 is 4.74 Å².